The molecule has 0 spiro atoms. The highest BCUT2D eigenvalue weighted by Crippen LogP contribution is 2.20. The number of ketones is 1. The molecule has 0 heterocycles. The maximum absolute atomic E-state index is 12.4. The molecule has 0 aliphatic rings. The zero-order valence-electron chi connectivity index (χ0n) is 10.9. The summed E-state index contributed by atoms with van der Waals surface area (Å²) in [7, 11) is 0. The molecule has 0 bridgehead atoms. The van der Waals surface area contributed by atoms with Gasteiger partial charge in [-0.05, 0) is 49.7 Å². The summed E-state index contributed by atoms with van der Waals surface area (Å²) in [6.07, 6.45) is 0. The Labute approximate surface area is 118 Å². The summed E-state index contributed by atoms with van der Waals surface area (Å²) < 4.78 is 5.40. The largest absolute Gasteiger partial charge is 0.494 e. The van der Waals surface area contributed by atoms with Crippen LogP contribution in [0.2, 0.25) is 5.02 Å². The van der Waals surface area contributed by atoms with E-state index in [0.717, 1.165) is 5.56 Å². The van der Waals surface area contributed by atoms with E-state index in [9.17, 15) is 4.79 Å². The van der Waals surface area contributed by atoms with Gasteiger partial charge in [-0.2, -0.15) is 0 Å². The molecule has 0 amide bonds. The Hall–Kier alpha value is -1.80. The van der Waals surface area contributed by atoms with Gasteiger partial charge in [0.05, 0.1) is 6.61 Å². The molecular formula is C16H15ClO2. The number of halogens is 1. The second-order valence-electron chi connectivity index (χ2n) is 4.31. The Kier molecular flexibility index (Phi) is 4.23. The molecule has 98 valence electrons. The zero-order chi connectivity index (χ0) is 13.8. The van der Waals surface area contributed by atoms with E-state index < -0.39 is 0 Å². The number of carbonyl (C=O) groups is 1. The maximum atomic E-state index is 12.4. The number of ether oxygens (including phenoxy) is 1. The molecular weight excluding hydrogens is 260 g/mol. The summed E-state index contributed by atoms with van der Waals surface area (Å²) in [5, 5.41) is 0.573. The van der Waals surface area contributed by atoms with E-state index in [4.69, 9.17) is 16.3 Å². The first-order valence-electron chi connectivity index (χ1n) is 6.15. The van der Waals surface area contributed by atoms with Crippen molar-refractivity contribution in [3.8, 4) is 5.75 Å². The molecule has 0 saturated heterocycles. The van der Waals surface area contributed by atoms with Crippen LogP contribution in [0.5, 0.6) is 5.75 Å². The Morgan fingerprint density at radius 2 is 1.95 bits per heavy atom. The van der Waals surface area contributed by atoms with Crippen LogP contribution in [-0.2, 0) is 0 Å². The molecule has 0 saturated carbocycles. The van der Waals surface area contributed by atoms with E-state index in [1.807, 2.05) is 38.1 Å². The third-order valence-corrected chi connectivity index (χ3v) is 2.93. The molecule has 2 aromatic rings. The average Bonchev–Trinajstić information content (AvgIpc) is 2.37. The van der Waals surface area contributed by atoms with Gasteiger partial charge in [0.25, 0.3) is 0 Å². The topological polar surface area (TPSA) is 26.3 Å². The highest BCUT2D eigenvalue weighted by molar-refractivity contribution is 6.31. The molecule has 3 heteroatoms. The molecule has 0 atom stereocenters. The van der Waals surface area contributed by atoms with Crippen molar-refractivity contribution in [2.45, 2.75) is 13.8 Å². The number of aryl methyl sites for hydroxylation is 1. The summed E-state index contributed by atoms with van der Waals surface area (Å²) in [4.78, 5) is 12.4. The number of benzene rings is 2. The van der Waals surface area contributed by atoms with Crippen LogP contribution in [0.1, 0.15) is 28.4 Å². The van der Waals surface area contributed by atoms with Gasteiger partial charge in [0.15, 0.2) is 5.78 Å². The third-order valence-electron chi connectivity index (χ3n) is 2.71. The molecule has 0 aromatic heterocycles. The van der Waals surface area contributed by atoms with Gasteiger partial charge in [-0.3, -0.25) is 4.79 Å². The summed E-state index contributed by atoms with van der Waals surface area (Å²) in [5.41, 5.74) is 2.17. The van der Waals surface area contributed by atoms with Crippen LogP contribution in [0.25, 0.3) is 0 Å². The monoisotopic (exact) mass is 274 g/mol. The fourth-order valence-electron chi connectivity index (χ4n) is 1.93. The molecule has 2 nitrogen and oxygen atoms in total. The van der Waals surface area contributed by atoms with Gasteiger partial charge in [0.1, 0.15) is 5.75 Å². The number of hydrogen-bond acceptors (Lipinski definition) is 2. The van der Waals surface area contributed by atoms with Gasteiger partial charge in [0, 0.05) is 16.1 Å². The first kappa shape index (κ1) is 13.6. The minimum absolute atomic E-state index is 0.0489. The van der Waals surface area contributed by atoms with E-state index in [1.165, 1.54) is 0 Å². The van der Waals surface area contributed by atoms with Gasteiger partial charge in [0.2, 0.25) is 0 Å². The lowest BCUT2D eigenvalue weighted by Crippen LogP contribution is -2.02. The molecule has 0 aliphatic carbocycles. The van der Waals surface area contributed by atoms with E-state index in [2.05, 4.69) is 0 Å². The number of rotatable bonds is 4. The second kappa shape index (κ2) is 5.89. The van der Waals surface area contributed by atoms with Crippen molar-refractivity contribution < 1.29 is 9.53 Å². The normalized spacial score (nSPS) is 10.3. The summed E-state index contributed by atoms with van der Waals surface area (Å²) >= 11 is 5.99. The molecule has 0 fully saturated rings. The van der Waals surface area contributed by atoms with Crippen LogP contribution in [0.3, 0.4) is 0 Å². The highest BCUT2D eigenvalue weighted by atomic mass is 35.5. The highest BCUT2D eigenvalue weighted by Gasteiger charge is 2.11. The molecule has 0 aliphatic heterocycles. The lowest BCUT2D eigenvalue weighted by molar-refractivity contribution is 0.103. The molecule has 0 radical (unpaired) electrons. The maximum Gasteiger partial charge on any atom is 0.193 e. The summed E-state index contributed by atoms with van der Waals surface area (Å²) in [6, 6.07) is 12.5. The van der Waals surface area contributed by atoms with Crippen molar-refractivity contribution in [3.05, 3.63) is 64.2 Å². The molecule has 2 aromatic carbocycles. The van der Waals surface area contributed by atoms with Crippen LogP contribution in [-0.4, -0.2) is 12.4 Å². The number of carbonyl (C=O) groups excluding carboxylic acids is 1. The van der Waals surface area contributed by atoms with Crippen molar-refractivity contribution in [2.24, 2.45) is 0 Å². The summed E-state index contributed by atoms with van der Waals surface area (Å²) in [6.45, 7) is 4.40. The SMILES string of the molecule is CCOc1cccc(C(=O)c2cc(C)cc(Cl)c2)c1. The van der Waals surface area contributed by atoms with Gasteiger partial charge < -0.3 is 4.74 Å². The van der Waals surface area contributed by atoms with E-state index >= 15 is 0 Å². The Morgan fingerprint density at radius 3 is 2.63 bits per heavy atom. The van der Waals surface area contributed by atoms with Crippen molar-refractivity contribution >= 4 is 17.4 Å². The minimum Gasteiger partial charge on any atom is -0.494 e. The van der Waals surface area contributed by atoms with Crippen LogP contribution in [0.4, 0.5) is 0 Å². The van der Waals surface area contributed by atoms with Gasteiger partial charge in [-0.15, -0.1) is 0 Å². The predicted octanol–water partition coefficient (Wildman–Crippen LogP) is 4.28. The fraction of sp³-hybridized carbons (Fsp3) is 0.188. The Morgan fingerprint density at radius 1 is 1.16 bits per heavy atom. The van der Waals surface area contributed by atoms with Crippen molar-refractivity contribution in [2.75, 3.05) is 6.61 Å². The molecule has 2 rings (SSSR count). The fourth-order valence-corrected chi connectivity index (χ4v) is 2.22. The quantitative estimate of drug-likeness (QED) is 0.778. The molecule has 0 unspecified atom stereocenters. The Balaban J connectivity index is 2.35. The standard InChI is InChI=1S/C16H15ClO2/c1-3-19-15-6-4-5-12(10-15)16(18)13-7-11(2)8-14(17)9-13/h4-10H,3H2,1-2H3. The van der Waals surface area contributed by atoms with Crippen molar-refractivity contribution in [3.63, 3.8) is 0 Å². The lowest BCUT2D eigenvalue weighted by atomic mass is 10.0. The van der Waals surface area contributed by atoms with Crippen LogP contribution >= 0.6 is 11.6 Å². The van der Waals surface area contributed by atoms with E-state index in [0.29, 0.717) is 28.5 Å². The van der Waals surface area contributed by atoms with E-state index in [1.54, 1.807) is 18.2 Å². The smallest absolute Gasteiger partial charge is 0.193 e. The van der Waals surface area contributed by atoms with Crippen molar-refractivity contribution in [1.82, 2.24) is 0 Å². The zero-order valence-corrected chi connectivity index (χ0v) is 11.7. The molecule has 0 N–H and O–H groups in total. The minimum atomic E-state index is -0.0489. The predicted molar refractivity (Wildman–Crippen MR) is 77.2 cm³/mol. The van der Waals surface area contributed by atoms with Crippen LogP contribution < -0.4 is 4.74 Å². The third kappa shape index (κ3) is 3.36. The number of hydrogen-bond donors (Lipinski definition) is 0. The van der Waals surface area contributed by atoms with Crippen molar-refractivity contribution in [1.29, 1.82) is 0 Å². The second-order valence-corrected chi connectivity index (χ2v) is 4.74. The molecule has 19 heavy (non-hydrogen) atoms. The van der Waals surface area contributed by atoms with Gasteiger partial charge in [-0.25, -0.2) is 0 Å². The Bertz CT molecular complexity index is 585. The van der Waals surface area contributed by atoms with Gasteiger partial charge in [-0.1, -0.05) is 23.7 Å². The van der Waals surface area contributed by atoms with Crippen LogP contribution in [0.15, 0.2) is 42.5 Å². The first-order chi connectivity index (χ1) is 9.10. The lowest BCUT2D eigenvalue weighted by Gasteiger charge is -2.06. The summed E-state index contributed by atoms with van der Waals surface area (Å²) in [5.74, 6) is 0.652. The average molecular weight is 275 g/mol. The van der Waals surface area contributed by atoms with E-state index in [-0.39, 0.29) is 5.78 Å². The van der Waals surface area contributed by atoms with Crippen LogP contribution in [0, 0.1) is 6.92 Å². The van der Waals surface area contributed by atoms with Gasteiger partial charge >= 0.3 is 0 Å². The first-order valence-corrected chi connectivity index (χ1v) is 6.52.